The molecule has 1 heterocycles. The van der Waals surface area contributed by atoms with E-state index < -0.39 is 6.03 Å². The third-order valence-corrected chi connectivity index (χ3v) is 3.43. The van der Waals surface area contributed by atoms with Crippen molar-refractivity contribution in [3.63, 3.8) is 0 Å². The van der Waals surface area contributed by atoms with Crippen LogP contribution in [-0.4, -0.2) is 79.3 Å². The number of nitrogens with one attached hydrogen (secondary N) is 2. The van der Waals surface area contributed by atoms with Crippen LogP contribution in [0.5, 0.6) is 0 Å². The van der Waals surface area contributed by atoms with E-state index in [1.165, 1.54) is 7.05 Å². The van der Waals surface area contributed by atoms with Crippen LogP contribution in [0.15, 0.2) is 0 Å². The van der Waals surface area contributed by atoms with E-state index in [1.807, 2.05) is 0 Å². The first-order chi connectivity index (χ1) is 9.08. The molecule has 7 nitrogen and oxygen atoms in total. The highest BCUT2D eigenvalue weighted by atomic mass is 16.3. The van der Waals surface area contributed by atoms with Crippen LogP contribution < -0.4 is 10.6 Å². The van der Waals surface area contributed by atoms with Crippen LogP contribution in [-0.2, 0) is 4.79 Å². The molecule has 0 aromatic carbocycles. The number of imide groups is 1. The van der Waals surface area contributed by atoms with Crippen LogP contribution in [0.2, 0.25) is 0 Å². The van der Waals surface area contributed by atoms with E-state index in [9.17, 15) is 9.59 Å². The number of carbonyl (C=O) groups is 2. The number of urea groups is 1. The smallest absolute Gasteiger partial charge is 0.321 e. The molecule has 1 fully saturated rings. The molecule has 1 aliphatic heterocycles. The van der Waals surface area contributed by atoms with Gasteiger partial charge < -0.3 is 10.4 Å². The van der Waals surface area contributed by atoms with Crippen molar-refractivity contribution in [3.8, 4) is 0 Å². The molecule has 0 aliphatic carbocycles. The highest BCUT2D eigenvalue weighted by Gasteiger charge is 2.24. The maximum atomic E-state index is 11.9. The normalized spacial score (nSPS) is 19.5. The van der Waals surface area contributed by atoms with Crippen LogP contribution in [0.25, 0.3) is 0 Å². The second-order valence-corrected chi connectivity index (χ2v) is 4.70. The lowest BCUT2D eigenvalue weighted by Crippen LogP contribution is -2.50. The van der Waals surface area contributed by atoms with Gasteiger partial charge in [-0.1, -0.05) is 0 Å². The minimum absolute atomic E-state index is 0.159. The number of aliphatic hydroxyl groups is 1. The van der Waals surface area contributed by atoms with E-state index in [0.717, 1.165) is 32.6 Å². The quantitative estimate of drug-likeness (QED) is 0.600. The second-order valence-electron chi connectivity index (χ2n) is 4.70. The molecular weight excluding hydrogens is 248 g/mol. The molecule has 7 heteroatoms. The van der Waals surface area contributed by atoms with Crippen molar-refractivity contribution < 1.29 is 14.7 Å². The van der Waals surface area contributed by atoms with Gasteiger partial charge in [-0.3, -0.25) is 19.9 Å². The molecule has 1 aliphatic rings. The molecule has 0 bridgehead atoms. The van der Waals surface area contributed by atoms with Crippen LogP contribution in [0.1, 0.15) is 13.3 Å². The number of aliphatic hydroxyl groups excluding tert-OH is 1. The molecule has 1 saturated heterocycles. The summed E-state index contributed by atoms with van der Waals surface area (Å²) in [6, 6.07) is -0.806. The Hall–Kier alpha value is -1.18. The highest BCUT2D eigenvalue weighted by Crippen LogP contribution is 2.07. The van der Waals surface area contributed by atoms with Crippen molar-refractivity contribution in [1.29, 1.82) is 0 Å². The molecule has 19 heavy (non-hydrogen) atoms. The molecule has 1 unspecified atom stereocenters. The van der Waals surface area contributed by atoms with Crippen molar-refractivity contribution in [2.45, 2.75) is 19.4 Å². The van der Waals surface area contributed by atoms with Crippen molar-refractivity contribution in [2.24, 2.45) is 0 Å². The van der Waals surface area contributed by atoms with Crippen molar-refractivity contribution in [1.82, 2.24) is 20.4 Å². The standard InChI is InChI=1S/C12H24N4O3/c1-10(11(18)14-12(19)13-2)16-5-3-4-15(6-7-16)8-9-17/h10,17H,3-9H2,1-2H3,(H2,13,14,18,19). The number of hydrogen-bond acceptors (Lipinski definition) is 5. The van der Waals surface area contributed by atoms with Crippen LogP contribution in [0.4, 0.5) is 4.79 Å². The van der Waals surface area contributed by atoms with E-state index in [2.05, 4.69) is 20.4 Å². The first-order valence-electron chi connectivity index (χ1n) is 6.68. The Kier molecular flexibility index (Phi) is 6.75. The fraction of sp³-hybridized carbons (Fsp3) is 0.833. The summed E-state index contributed by atoms with van der Waals surface area (Å²) in [4.78, 5) is 27.2. The van der Waals surface area contributed by atoms with Gasteiger partial charge in [-0.25, -0.2) is 4.79 Å². The second kappa shape index (κ2) is 8.08. The maximum absolute atomic E-state index is 11.9. The first-order valence-corrected chi connectivity index (χ1v) is 6.68. The minimum Gasteiger partial charge on any atom is -0.395 e. The topological polar surface area (TPSA) is 84.9 Å². The van der Waals surface area contributed by atoms with Crippen molar-refractivity contribution in [3.05, 3.63) is 0 Å². The van der Waals surface area contributed by atoms with E-state index in [4.69, 9.17) is 5.11 Å². The van der Waals surface area contributed by atoms with E-state index in [-0.39, 0.29) is 18.6 Å². The van der Waals surface area contributed by atoms with Gasteiger partial charge in [0, 0.05) is 33.2 Å². The third-order valence-electron chi connectivity index (χ3n) is 3.43. The SMILES string of the molecule is CNC(=O)NC(=O)C(C)N1CCCN(CCO)CC1. The van der Waals surface area contributed by atoms with Crippen LogP contribution >= 0.6 is 0 Å². The lowest BCUT2D eigenvalue weighted by Gasteiger charge is -2.26. The summed E-state index contributed by atoms with van der Waals surface area (Å²) in [7, 11) is 1.48. The lowest BCUT2D eigenvalue weighted by molar-refractivity contribution is -0.124. The van der Waals surface area contributed by atoms with Crippen molar-refractivity contribution >= 4 is 11.9 Å². The predicted octanol–water partition coefficient (Wildman–Crippen LogP) is -1.17. The summed E-state index contributed by atoms with van der Waals surface area (Å²) in [5, 5.41) is 13.6. The van der Waals surface area contributed by atoms with Crippen LogP contribution in [0.3, 0.4) is 0 Å². The Labute approximate surface area is 113 Å². The zero-order chi connectivity index (χ0) is 14.3. The Morgan fingerprint density at radius 2 is 2.00 bits per heavy atom. The van der Waals surface area contributed by atoms with E-state index in [1.54, 1.807) is 6.92 Å². The summed E-state index contributed by atoms with van der Waals surface area (Å²) in [6.45, 7) is 5.99. The summed E-state index contributed by atoms with van der Waals surface area (Å²) >= 11 is 0. The Morgan fingerprint density at radius 3 is 2.63 bits per heavy atom. The summed E-state index contributed by atoms with van der Waals surface area (Å²) in [5.74, 6) is -0.282. The van der Waals surface area contributed by atoms with Crippen molar-refractivity contribution in [2.75, 3.05) is 46.4 Å². The number of rotatable bonds is 4. The van der Waals surface area contributed by atoms with Gasteiger partial charge in [0.25, 0.3) is 0 Å². The maximum Gasteiger partial charge on any atom is 0.321 e. The molecule has 3 amide bonds. The molecule has 0 radical (unpaired) electrons. The van der Waals surface area contributed by atoms with Gasteiger partial charge in [0.15, 0.2) is 0 Å². The fourth-order valence-electron chi connectivity index (χ4n) is 2.19. The van der Waals surface area contributed by atoms with Gasteiger partial charge in [0.2, 0.25) is 5.91 Å². The average Bonchev–Trinajstić information content (AvgIpc) is 2.63. The number of amides is 3. The molecular formula is C12H24N4O3. The summed E-state index contributed by atoms with van der Waals surface area (Å²) < 4.78 is 0. The molecule has 0 aromatic rings. The van der Waals surface area contributed by atoms with E-state index in [0.29, 0.717) is 6.54 Å². The average molecular weight is 272 g/mol. The highest BCUT2D eigenvalue weighted by molar-refractivity contribution is 5.96. The number of β-amino-alcohol motifs (C(OH)–C–C–N with tert-alkyl or cyclic N) is 1. The van der Waals surface area contributed by atoms with Gasteiger partial charge in [0.1, 0.15) is 0 Å². The molecule has 0 saturated carbocycles. The summed E-state index contributed by atoms with van der Waals surface area (Å²) in [6.07, 6.45) is 0.956. The lowest BCUT2D eigenvalue weighted by atomic mass is 10.2. The number of hydrogen-bond donors (Lipinski definition) is 3. The largest absolute Gasteiger partial charge is 0.395 e. The Bertz CT molecular complexity index is 311. The predicted molar refractivity (Wildman–Crippen MR) is 71.8 cm³/mol. The van der Waals surface area contributed by atoms with E-state index >= 15 is 0 Å². The molecule has 3 N–H and O–H groups in total. The number of carbonyl (C=O) groups excluding carboxylic acids is 2. The molecule has 110 valence electrons. The minimum atomic E-state index is -0.478. The first kappa shape index (κ1) is 15.9. The Balaban J connectivity index is 2.46. The van der Waals surface area contributed by atoms with Gasteiger partial charge in [-0.05, 0) is 19.9 Å². The molecule has 1 atom stereocenters. The fourth-order valence-corrected chi connectivity index (χ4v) is 2.19. The number of nitrogens with zero attached hydrogens (tertiary/aromatic N) is 2. The zero-order valence-corrected chi connectivity index (χ0v) is 11.7. The van der Waals surface area contributed by atoms with Gasteiger partial charge >= 0.3 is 6.03 Å². The third kappa shape index (κ3) is 5.14. The Morgan fingerprint density at radius 1 is 1.26 bits per heavy atom. The zero-order valence-electron chi connectivity index (χ0n) is 11.7. The van der Waals surface area contributed by atoms with Gasteiger partial charge in [0.05, 0.1) is 12.6 Å². The van der Waals surface area contributed by atoms with Gasteiger partial charge in [-0.2, -0.15) is 0 Å². The van der Waals surface area contributed by atoms with Gasteiger partial charge in [-0.15, -0.1) is 0 Å². The monoisotopic (exact) mass is 272 g/mol. The summed E-state index contributed by atoms with van der Waals surface area (Å²) in [5.41, 5.74) is 0. The molecule has 0 spiro atoms. The van der Waals surface area contributed by atoms with Crippen LogP contribution in [0, 0.1) is 0 Å². The molecule has 1 rings (SSSR count). The molecule has 0 aromatic heterocycles.